The molecule has 92 valence electrons. The molecule has 4 nitrogen and oxygen atoms in total. The molecule has 1 aliphatic heterocycles. The van der Waals surface area contributed by atoms with Crippen molar-refractivity contribution in [3.05, 3.63) is 41.5 Å². The zero-order chi connectivity index (χ0) is 12.3. The van der Waals surface area contributed by atoms with Crippen LogP contribution in [0.2, 0.25) is 0 Å². The van der Waals surface area contributed by atoms with Crippen LogP contribution in [0, 0.1) is 6.92 Å². The summed E-state index contributed by atoms with van der Waals surface area (Å²) in [5.41, 5.74) is 2.08. The van der Waals surface area contributed by atoms with Crippen molar-refractivity contribution in [2.45, 2.75) is 11.8 Å². The Balaban J connectivity index is 2.00. The molecule has 1 aliphatic rings. The van der Waals surface area contributed by atoms with Gasteiger partial charge in [0.2, 0.25) is 0 Å². The molecule has 0 aromatic heterocycles. The van der Waals surface area contributed by atoms with Crippen molar-refractivity contribution < 1.29 is 17.3 Å². The zero-order valence-electron chi connectivity index (χ0n) is 9.55. The van der Waals surface area contributed by atoms with Crippen molar-refractivity contribution in [3.63, 3.8) is 0 Å². The number of hydrogen-bond acceptors (Lipinski definition) is 4. The van der Waals surface area contributed by atoms with Crippen molar-refractivity contribution >= 4 is 10.1 Å². The summed E-state index contributed by atoms with van der Waals surface area (Å²) in [6.07, 6.45) is 1.75. The highest BCUT2D eigenvalue weighted by Crippen LogP contribution is 2.14. The Kier molecular flexibility index (Phi) is 3.61. The van der Waals surface area contributed by atoms with Gasteiger partial charge in [-0.05, 0) is 24.6 Å². The third-order valence-corrected chi connectivity index (χ3v) is 3.78. The van der Waals surface area contributed by atoms with Crippen molar-refractivity contribution in [2.75, 3.05) is 19.8 Å². The normalized spacial score (nSPS) is 15.5. The number of rotatable bonds is 4. The molecule has 0 N–H and O–H groups in total. The topological polar surface area (TPSA) is 52.6 Å². The van der Waals surface area contributed by atoms with Crippen LogP contribution in [0.4, 0.5) is 0 Å². The maximum absolute atomic E-state index is 11.7. The van der Waals surface area contributed by atoms with Gasteiger partial charge in [-0.25, -0.2) is 0 Å². The Labute approximate surface area is 101 Å². The van der Waals surface area contributed by atoms with Gasteiger partial charge >= 0.3 is 0 Å². The molecular formula is C12H14O4S. The van der Waals surface area contributed by atoms with Gasteiger partial charge in [-0.1, -0.05) is 23.8 Å². The van der Waals surface area contributed by atoms with E-state index in [2.05, 4.69) is 0 Å². The molecule has 2 rings (SSSR count). The summed E-state index contributed by atoms with van der Waals surface area (Å²) < 4.78 is 33.3. The van der Waals surface area contributed by atoms with Gasteiger partial charge in [-0.3, -0.25) is 4.18 Å². The molecule has 0 unspecified atom stereocenters. The highest BCUT2D eigenvalue weighted by Gasteiger charge is 2.15. The third kappa shape index (κ3) is 3.15. The van der Waals surface area contributed by atoms with Crippen LogP contribution in [0.25, 0.3) is 0 Å². The van der Waals surface area contributed by atoms with Crippen LogP contribution < -0.4 is 0 Å². The fourth-order valence-corrected chi connectivity index (χ4v) is 2.20. The van der Waals surface area contributed by atoms with Gasteiger partial charge < -0.3 is 4.74 Å². The second kappa shape index (κ2) is 5.00. The monoisotopic (exact) mass is 254 g/mol. The van der Waals surface area contributed by atoms with E-state index in [4.69, 9.17) is 8.92 Å². The molecule has 1 aromatic rings. The number of aryl methyl sites for hydroxylation is 1. The number of hydrogen-bond donors (Lipinski definition) is 0. The Morgan fingerprint density at radius 1 is 1.29 bits per heavy atom. The van der Waals surface area contributed by atoms with E-state index in [0.717, 1.165) is 11.1 Å². The lowest BCUT2D eigenvalue weighted by molar-refractivity contribution is 0.102. The summed E-state index contributed by atoms with van der Waals surface area (Å²) in [6, 6.07) is 6.58. The first kappa shape index (κ1) is 12.3. The van der Waals surface area contributed by atoms with Crippen molar-refractivity contribution in [1.82, 2.24) is 0 Å². The molecule has 1 fully saturated rings. The SMILES string of the molecule is Cc1ccc(S(=O)(=O)OCC=C2COC2)cc1. The minimum Gasteiger partial charge on any atom is -0.373 e. The first-order chi connectivity index (χ1) is 8.08. The largest absolute Gasteiger partial charge is 0.373 e. The van der Waals surface area contributed by atoms with Crippen LogP contribution in [0.3, 0.4) is 0 Å². The molecule has 17 heavy (non-hydrogen) atoms. The molecule has 0 aliphatic carbocycles. The van der Waals surface area contributed by atoms with Crippen molar-refractivity contribution in [2.24, 2.45) is 0 Å². The molecule has 1 aromatic carbocycles. The van der Waals surface area contributed by atoms with Gasteiger partial charge in [-0.15, -0.1) is 0 Å². The Hall–Kier alpha value is -1.17. The lowest BCUT2D eigenvalue weighted by atomic mass is 10.2. The van der Waals surface area contributed by atoms with E-state index in [1.165, 1.54) is 0 Å². The highest BCUT2D eigenvalue weighted by molar-refractivity contribution is 7.86. The van der Waals surface area contributed by atoms with E-state index < -0.39 is 10.1 Å². The predicted octanol–water partition coefficient (Wildman–Crippen LogP) is 1.66. The maximum Gasteiger partial charge on any atom is 0.297 e. The summed E-state index contributed by atoms with van der Waals surface area (Å²) in [7, 11) is -3.64. The van der Waals surface area contributed by atoms with Crippen LogP contribution >= 0.6 is 0 Å². The average Bonchev–Trinajstić information content (AvgIpc) is 2.22. The van der Waals surface area contributed by atoms with E-state index in [0.29, 0.717) is 13.2 Å². The van der Waals surface area contributed by atoms with Crippen LogP contribution in [0.15, 0.2) is 40.8 Å². The van der Waals surface area contributed by atoms with Crippen LogP contribution in [0.5, 0.6) is 0 Å². The number of ether oxygens (including phenoxy) is 1. The van der Waals surface area contributed by atoms with Crippen LogP contribution in [0.1, 0.15) is 5.56 Å². The summed E-state index contributed by atoms with van der Waals surface area (Å²) in [4.78, 5) is 0.186. The minimum absolute atomic E-state index is 0.0644. The lowest BCUT2D eigenvalue weighted by Gasteiger charge is -2.17. The van der Waals surface area contributed by atoms with Gasteiger partial charge in [0, 0.05) is 0 Å². The van der Waals surface area contributed by atoms with Crippen LogP contribution in [-0.4, -0.2) is 28.2 Å². The highest BCUT2D eigenvalue weighted by atomic mass is 32.2. The first-order valence-corrected chi connectivity index (χ1v) is 6.70. The van der Waals surface area contributed by atoms with E-state index >= 15 is 0 Å². The quantitative estimate of drug-likeness (QED) is 0.605. The molecule has 5 heteroatoms. The van der Waals surface area contributed by atoms with E-state index in [-0.39, 0.29) is 11.5 Å². The van der Waals surface area contributed by atoms with Gasteiger partial charge in [-0.2, -0.15) is 8.42 Å². The van der Waals surface area contributed by atoms with Gasteiger partial charge in [0.25, 0.3) is 10.1 Å². The summed E-state index contributed by atoms with van der Waals surface area (Å²) in [6.45, 7) is 3.12. The Bertz CT molecular complexity index is 508. The van der Waals surface area contributed by atoms with Crippen molar-refractivity contribution in [1.29, 1.82) is 0 Å². The van der Waals surface area contributed by atoms with Crippen LogP contribution in [-0.2, 0) is 19.0 Å². The molecular weight excluding hydrogens is 240 g/mol. The molecule has 0 spiro atoms. The van der Waals surface area contributed by atoms with Gasteiger partial charge in [0.15, 0.2) is 0 Å². The zero-order valence-corrected chi connectivity index (χ0v) is 10.4. The molecule has 0 radical (unpaired) electrons. The molecule has 1 saturated heterocycles. The fourth-order valence-electron chi connectivity index (χ4n) is 1.35. The van der Waals surface area contributed by atoms with E-state index in [9.17, 15) is 8.42 Å². The summed E-state index contributed by atoms with van der Waals surface area (Å²) >= 11 is 0. The van der Waals surface area contributed by atoms with E-state index in [1.54, 1.807) is 30.3 Å². The lowest BCUT2D eigenvalue weighted by Crippen LogP contribution is -2.17. The molecule has 0 saturated carbocycles. The second-order valence-corrected chi connectivity index (χ2v) is 5.52. The molecule has 1 heterocycles. The Morgan fingerprint density at radius 2 is 1.94 bits per heavy atom. The van der Waals surface area contributed by atoms with Gasteiger partial charge in [0.05, 0.1) is 24.7 Å². The third-order valence-electron chi connectivity index (χ3n) is 2.48. The second-order valence-electron chi connectivity index (χ2n) is 3.91. The molecule has 0 amide bonds. The average molecular weight is 254 g/mol. The van der Waals surface area contributed by atoms with E-state index in [1.807, 2.05) is 6.92 Å². The summed E-state index contributed by atoms with van der Waals surface area (Å²) in [5.74, 6) is 0. The molecule has 0 atom stereocenters. The Morgan fingerprint density at radius 3 is 2.47 bits per heavy atom. The predicted molar refractivity (Wildman–Crippen MR) is 63.2 cm³/mol. The summed E-state index contributed by atoms with van der Waals surface area (Å²) in [5, 5.41) is 0. The minimum atomic E-state index is -3.64. The first-order valence-electron chi connectivity index (χ1n) is 5.30. The van der Waals surface area contributed by atoms with Gasteiger partial charge in [0.1, 0.15) is 0 Å². The number of benzene rings is 1. The fraction of sp³-hybridized carbons (Fsp3) is 0.333. The standard InChI is InChI=1S/C12H14O4S/c1-10-2-4-12(5-3-10)17(13,14)16-7-6-11-8-15-9-11/h2-6H,7-9H2,1H3. The van der Waals surface area contributed by atoms with Crippen molar-refractivity contribution in [3.8, 4) is 0 Å². The molecule has 0 bridgehead atoms. The maximum atomic E-state index is 11.7. The smallest absolute Gasteiger partial charge is 0.297 e.